The highest BCUT2D eigenvalue weighted by molar-refractivity contribution is 7.91. The number of piperidine rings is 1. The summed E-state index contributed by atoms with van der Waals surface area (Å²) in [5, 5.41) is 0. The highest BCUT2D eigenvalue weighted by atomic mass is 32.2. The van der Waals surface area contributed by atoms with Crippen molar-refractivity contribution in [3.05, 3.63) is 11.2 Å². The summed E-state index contributed by atoms with van der Waals surface area (Å²) in [5.41, 5.74) is 1.20. The predicted molar refractivity (Wildman–Crippen MR) is 76.8 cm³/mol. The molecule has 1 atom stereocenters. The zero-order valence-electron chi connectivity index (χ0n) is 11.9. The molecular weight excluding hydrogens is 316 g/mol. The number of sulfonamides is 1. The predicted octanol–water partition coefficient (Wildman–Crippen LogP) is 0.977. The standard InChI is InChI=1S/C12H18N2O5S2/c1-18-7-9-4-3-5-14(6-9)21(16,17)12-10(11(15)19-2)13-8-20-12/h8-9H,3-7H2,1-2H3. The summed E-state index contributed by atoms with van der Waals surface area (Å²) in [6.45, 7) is 1.37. The van der Waals surface area contributed by atoms with Crippen molar-refractivity contribution in [2.45, 2.75) is 17.1 Å². The topological polar surface area (TPSA) is 85.8 Å². The Balaban J connectivity index is 2.26. The van der Waals surface area contributed by atoms with E-state index in [4.69, 9.17) is 4.74 Å². The summed E-state index contributed by atoms with van der Waals surface area (Å²) in [5.74, 6) is -0.562. The molecule has 118 valence electrons. The Kier molecular flexibility index (Phi) is 5.31. The summed E-state index contributed by atoms with van der Waals surface area (Å²) in [4.78, 5) is 15.4. The second-order valence-electron chi connectivity index (χ2n) is 4.81. The smallest absolute Gasteiger partial charge is 0.358 e. The van der Waals surface area contributed by atoms with Crippen molar-refractivity contribution in [2.75, 3.05) is 33.9 Å². The Morgan fingerprint density at radius 2 is 2.29 bits per heavy atom. The van der Waals surface area contributed by atoms with E-state index in [0.717, 1.165) is 24.2 Å². The molecule has 9 heteroatoms. The van der Waals surface area contributed by atoms with Crippen LogP contribution >= 0.6 is 11.3 Å². The van der Waals surface area contributed by atoms with Gasteiger partial charge < -0.3 is 9.47 Å². The fourth-order valence-electron chi connectivity index (χ4n) is 2.39. The van der Waals surface area contributed by atoms with Crippen LogP contribution < -0.4 is 0 Å². The maximum absolute atomic E-state index is 12.7. The van der Waals surface area contributed by atoms with Gasteiger partial charge in [0.25, 0.3) is 10.0 Å². The zero-order valence-corrected chi connectivity index (χ0v) is 13.6. The molecule has 0 bridgehead atoms. The highest BCUT2D eigenvalue weighted by Crippen LogP contribution is 2.28. The van der Waals surface area contributed by atoms with Crippen LogP contribution in [0.4, 0.5) is 0 Å². The van der Waals surface area contributed by atoms with Crippen molar-refractivity contribution in [1.29, 1.82) is 0 Å². The lowest BCUT2D eigenvalue weighted by Gasteiger charge is -2.31. The molecule has 1 aliphatic rings. The summed E-state index contributed by atoms with van der Waals surface area (Å²) in [7, 11) is -0.918. The Bertz CT molecular complexity index is 597. The van der Waals surface area contributed by atoms with Crippen LogP contribution in [-0.4, -0.2) is 57.6 Å². The molecule has 2 rings (SSSR count). The molecule has 1 saturated heterocycles. The van der Waals surface area contributed by atoms with E-state index in [9.17, 15) is 13.2 Å². The molecule has 0 saturated carbocycles. The second-order valence-corrected chi connectivity index (χ2v) is 7.79. The maximum Gasteiger partial charge on any atom is 0.358 e. The van der Waals surface area contributed by atoms with Crippen LogP contribution in [0.1, 0.15) is 23.3 Å². The fraction of sp³-hybridized carbons (Fsp3) is 0.667. The minimum atomic E-state index is -3.72. The van der Waals surface area contributed by atoms with E-state index in [-0.39, 0.29) is 15.8 Å². The van der Waals surface area contributed by atoms with E-state index in [1.54, 1.807) is 7.11 Å². The number of hydrogen-bond donors (Lipinski definition) is 0. The van der Waals surface area contributed by atoms with Gasteiger partial charge in [0, 0.05) is 20.2 Å². The number of thiazole rings is 1. The summed E-state index contributed by atoms with van der Waals surface area (Å²) < 4.78 is 36.4. The van der Waals surface area contributed by atoms with Crippen LogP contribution in [0, 0.1) is 5.92 Å². The van der Waals surface area contributed by atoms with Gasteiger partial charge in [-0.25, -0.2) is 18.2 Å². The Morgan fingerprint density at radius 3 is 2.95 bits per heavy atom. The van der Waals surface area contributed by atoms with E-state index >= 15 is 0 Å². The van der Waals surface area contributed by atoms with E-state index in [1.165, 1.54) is 16.9 Å². The van der Waals surface area contributed by atoms with E-state index in [2.05, 4.69) is 9.72 Å². The fourth-order valence-corrected chi connectivity index (χ4v) is 5.21. The number of carbonyl (C=O) groups excluding carboxylic acids is 1. The Hall–Kier alpha value is -1.03. The summed E-state index contributed by atoms with van der Waals surface area (Å²) >= 11 is 0.936. The van der Waals surface area contributed by atoms with Crippen LogP contribution in [0.2, 0.25) is 0 Å². The van der Waals surface area contributed by atoms with Crippen LogP contribution in [0.25, 0.3) is 0 Å². The SMILES string of the molecule is COCC1CCCN(S(=O)(=O)c2scnc2C(=O)OC)C1. The van der Waals surface area contributed by atoms with Crippen LogP contribution in [0.3, 0.4) is 0 Å². The number of rotatable bonds is 5. The number of carbonyl (C=O) groups is 1. The number of ether oxygens (including phenoxy) is 2. The van der Waals surface area contributed by atoms with Gasteiger partial charge in [0.15, 0.2) is 9.90 Å². The van der Waals surface area contributed by atoms with E-state index < -0.39 is 16.0 Å². The zero-order chi connectivity index (χ0) is 15.5. The number of nitrogens with zero attached hydrogens (tertiary/aromatic N) is 2. The molecule has 0 radical (unpaired) electrons. The minimum absolute atomic E-state index is 0.0487. The molecule has 0 N–H and O–H groups in total. The van der Waals surface area contributed by atoms with Gasteiger partial charge in [-0.3, -0.25) is 0 Å². The number of aromatic nitrogens is 1. The Labute approximate surface area is 127 Å². The first-order valence-corrected chi connectivity index (χ1v) is 8.83. The molecule has 1 unspecified atom stereocenters. The van der Waals surface area contributed by atoms with Gasteiger partial charge in [-0.1, -0.05) is 0 Å². The largest absolute Gasteiger partial charge is 0.464 e. The van der Waals surface area contributed by atoms with Gasteiger partial charge in [0.2, 0.25) is 0 Å². The quantitative estimate of drug-likeness (QED) is 0.746. The van der Waals surface area contributed by atoms with Gasteiger partial charge in [-0.15, -0.1) is 11.3 Å². The lowest BCUT2D eigenvalue weighted by atomic mass is 10.0. The third-order valence-corrected chi connectivity index (χ3v) is 6.58. The monoisotopic (exact) mass is 334 g/mol. The summed E-state index contributed by atoms with van der Waals surface area (Å²) in [6, 6.07) is 0. The third kappa shape index (κ3) is 3.42. The van der Waals surface area contributed by atoms with Gasteiger partial charge in [-0.2, -0.15) is 4.31 Å². The van der Waals surface area contributed by atoms with Gasteiger partial charge in [0.1, 0.15) is 0 Å². The molecule has 1 aromatic heterocycles. The first-order valence-electron chi connectivity index (χ1n) is 6.51. The first-order chi connectivity index (χ1) is 10.0. The molecule has 0 aromatic carbocycles. The lowest BCUT2D eigenvalue weighted by molar-refractivity contribution is 0.0590. The van der Waals surface area contributed by atoms with Crippen LogP contribution in [-0.2, 0) is 19.5 Å². The van der Waals surface area contributed by atoms with Crippen molar-refractivity contribution in [1.82, 2.24) is 9.29 Å². The van der Waals surface area contributed by atoms with Crippen molar-refractivity contribution in [3.63, 3.8) is 0 Å². The van der Waals surface area contributed by atoms with E-state index in [1.807, 2.05) is 0 Å². The van der Waals surface area contributed by atoms with Gasteiger partial charge >= 0.3 is 5.97 Å². The molecule has 1 fully saturated rings. The Morgan fingerprint density at radius 1 is 1.52 bits per heavy atom. The number of hydrogen-bond acceptors (Lipinski definition) is 7. The van der Waals surface area contributed by atoms with Crippen molar-refractivity contribution < 1.29 is 22.7 Å². The second kappa shape index (κ2) is 6.82. The molecule has 1 aliphatic heterocycles. The van der Waals surface area contributed by atoms with Crippen molar-refractivity contribution in [2.24, 2.45) is 5.92 Å². The molecule has 0 spiro atoms. The molecular formula is C12H18N2O5S2. The van der Waals surface area contributed by atoms with Crippen LogP contribution in [0.5, 0.6) is 0 Å². The van der Waals surface area contributed by atoms with Gasteiger partial charge in [0.05, 0.1) is 19.2 Å². The molecule has 0 aliphatic carbocycles. The maximum atomic E-state index is 12.7. The summed E-state index contributed by atoms with van der Waals surface area (Å²) in [6.07, 6.45) is 1.71. The normalized spacial score (nSPS) is 20.4. The molecule has 2 heterocycles. The highest BCUT2D eigenvalue weighted by Gasteiger charge is 2.35. The first kappa shape index (κ1) is 16.3. The number of esters is 1. The van der Waals surface area contributed by atoms with Crippen molar-refractivity contribution in [3.8, 4) is 0 Å². The van der Waals surface area contributed by atoms with Crippen molar-refractivity contribution >= 4 is 27.3 Å². The third-order valence-electron chi connectivity index (χ3n) is 3.37. The van der Waals surface area contributed by atoms with Crippen LogP contribution in [0.15, 0.2) is 9.72 Å². The lowest BCUT2D eigenvalue weighted by Crippen LogP contribution is -2.41. The van der Waals surface area contributed by atoms with E-state index in [0.29, 0.717) is 19.7 Å². The molecule has 21 heavy (non-hydrogen) atoms. The average molecular weight is 334 g/mol. The molecule has 0 amide bonds. The molecule has 7 nitrogen and oxygen atoms in total. The minimum Gasteiger partial charge on any atom is -0.464 e. The number of methoxy groups -OCH3 is 2. The van der Waals surface area contributed by atoms with Gasteiger partial charge in [-0.05, 0) is 18.8 Å². The molecule has 1 aromatic rings. The average Bonchev–Trinajstić information content (AvgIpc) is 2.97.